The Morgan fingerprint density at radius 3 is 2.86 bits per heavy atom. The molecule has 0 fully saturated rings. The minimum absolute atomic E-state index is 0.313. The van der Waals surface area contributed by atoms with Crippen molar-refractivity contribution in [2.24, 2.45) is 0 Å². The molecule has 1 N–H and O–H groups in total. The summed E-state index contributed by atoms with van der Waals surface area (Å²) in [5, 5.41) is 3.27. The molecule has 0 amide bonds. The van der Waals surface area contributed by atoms with Crippen molar-refractivity contribution in [2.75, 3.05) is 13.2 Å². The predicted octanol–water partition coefficient (Wildman–Crippen LogP) is 3.34. The molecule has 1 aromatic heterocycles. The minimum Gasteiger partial charge on any atom is -0.490 e. The van der Waals surface area contributed by atoms with Gasteiger partial charge in [0.25, 0.3) is 0 Å². The second kappa shape index (κ2) is 8.37. The summed E-state index contributed by atoms with van der Waals surface area (Å²) >= 11 is 0. The molecule has 0 saturated carbocycles. The predicted molar refractivity (Wildman–Crippen MR) is 81.8 cm³/mol. The van der Waals surface area contributed by atoms with Crippen LogP contribution in [-0.4, -0.2) is 18.1 Å². The Morgan fingerprint density at radius 2 is 2.10 bits per heavy atom. The van der Waals surface area contributed by atoms with E-state index in [-0.39, 0.29) is 5.82 Å². The molecular formula is C17H21FN2O. The van der Waals surface area contributed by atoms with Crippen LogP contribution in [0.2, 0.25) is 0 Å². The Morgan fingerprint density at radius 1 is 1.19 bits per heavy atom. The molecule has 3 nitrogen and oxygen atoms in total. The van der Waals surface area contributed by atoms with Crippen molar-refractivity contribution < 1.29 is 9.13 Å². The maximum Gasteiger partial charge on any atom is 0.165 e. The van der Waals surface area contributed by atoms with Crippen molar-refractivity contribution in [3.8, 4) is 5.75 Å². The Hall–Kier alpha value is -1.94. The average molecular weight is 288 g/mol. The van der Waals surface area contributed by atoms with Crippen LogP contribution in [0.4, 0.5) is 4.39 Å². The number of hydrogen-bond acceptors (Lipinski definition) is 3. The number of nitrogens with zero attached hydrogens (tertiary/aromatic N) is 1. The van der Waals surface area contributed by atoms with Crippen LogP contribution < -0.4 is 10.1 Å². The smallest absolute Gasteiger partial charge is 0.165 e. The van der Waals surface area contributed by atoms with Crippen molar-refractivity contribution in [1.29, 1.82) is 0 Å². The lowest BCUT2D eigenvalue weighted by Gasteiger charge is -2.13. The van der Waals surface area contributed by atoms with Gasteiger partial charge in [0, 0.05) is 30.4 Å². The second-order valence-corrected chi connectivity index (χ2v) is 4.82. The first-order chi connectivity index (χ1) is 10.3. The van der Waals surface area contributed by atoms with Crippen molar-refractivity contribution in [3.63, 3.8) is 0 Å². The summed E-state index contributed by atoms with van der Waals surface area (Å²) in [4.78, 5) is 4.23. The fourth-order valence-corrected chi connectivity index (χ4v) is 2.06. The molecule has 0 unspecified atom stereocenters. The largest absolute Gasteiger partial charge is 0.490 e. The number of para-hydroxylation sites is 1. The summed E-state index contributed by atoms with van der Waals surface area (Å²) in [5.41, 5.74) is 1.80. The molecule has 0 saturated heterocycles. The second-order valence-electron chi connectivity index (χ2n) is 4.82. The SMILES string of the molecule is CCCNCc1cccc(F)c1OCCc1ccccn1. The first-order valence-corrected chi connectivity index (χ1v) is 7.32. The fraction of sp³-hybridized carbons (Fsp3) is 0.353. The number of halogens is 1. The molecule has 1 heterocycles. The highest BCUT2D eigenvalue weighted by atomic mass is 19.1. The van der Waals surface area contributed by atoms with Gasteiger partial charge in [0.1, 0.15) is 0 Å². The average Bonchev–Trinajstić information content (AvgIpc) is 2.51. The minimum atomic E-state index is -0.313. The van der Waals surface area contributed by atoms with Gasteiger partial charge in [-0.3, -0.25) is 4.98 Å². The third kappa shape index (κ3) is 4.83. The number of rotatable bonds is 8. The monoisotopic (exact) mass is 288 g/mol. The van der Waals surface area contributed by atoms with Crippen molar-refractivity contribution in [3.05, 3.63) is 59.7 Å². The van der Waals surface area contributed by atoms with Gasteiger partial charge in [-0.1, -0.05) is 25.1 Å². The zero-order chi connectivity index (χ0) is 14.9. The Balaban J connectivity index is 1.94. The van der Waals surface area contributed by atoms with E-state index in [1.165, 1.54) is 6.07 Å². The molecule has 0 aliphatic carbocycles. The van der Waals surface area contributed by atoms with Gasteiger partial charge in [-0.2, -0.15) is 0 Å². The number of nitrogens with one attached hydrogen (secondary N) is 1. The summed E-state index contributed by atoms with van der Waals surface area (Å²) in [7, 11) is 0. The third-order valence-corrected chi connectivity index (χ3v) is 3.12. The Kier molecular flexibility index (Phi) is 6.16. The van der Waals surface area contributed by atoms with E-state index in [1.54, 1.807) is 12.3 Å². The summed E-state index contributed by atoms with van der Waals surface area (Å²) < 4.78 is 19.6. The lowest BCUT2D eigenvalue weighted by molar-refractivity contribution is 0.299. The van der Waals surface area contributed by atoms with Gasteiger partial charge >= 0.3 is 0 Å². The first-order valence-electron chi connectivity index (χ1n) is 7.32. The Labute approximate surface area is 125 Å². The number of hydrogen-bond donors (Lipinski definition) is 1. The zero-order valence-electron chi connectivity index (χ0n) is 12.3. The quantitative estimate of drug-likeness (QED) is 0.756. The van der Waals surface area contributed by atoms with Gasteiger partial charge in [0.05, 0.1) is 6.61 Å². The fourth-order valence-electron chi connectivity index (χ4n) is 2.06. The van der Waals surface area contributed by atoms with Crippen LogP contribution in [0.15, 0.2) is 42.6 Å². The number of aromatic nitrogens is 1. The molecule has 2 rings (SSSR count). The van der Waals surface area contributed by atoms with E-state index >= 15 is 0 Å². The highest BCUT2D eigenvalue weighted by Crippen LogP contribution is 2.22. The lowest BCUT2D eigenvalue weighted by Crippen LogP contribution is -2.15. The molecule has 0 atom stereocenters. The summed E-state index contributed by atoms with van der Waals surface area (Å²) in [6, 6.07) is 10.8. The van der Waals surface area contributed by atoms with Gasteiger partial charge in [0.15, 0.2) is 11.6 Å². The first kappa shape index (κ1) is 15.4. The van der Waals surface area contributed by atoms with Crippen LogP contribution in [0.5, 0.6) is 5.75 Å². The molecule has 4 heteroatoms. The van der Waals surface area contributed by atoms with Crippen LogP contribution in [0.3, 0.4) is 0 Å². The van der Waals surface area contributed by atoms with Gasteiger partial charge in [-0.25, -0.2) is 4.39 Å². The van der Waals surface area contributed by atoms with Crippen LogP contribution in [-0.2, 0) is 13.0 Å². The van der Waals surface area contributed by atoms with E-state index < -0.39 is 0 Å². The number of pyridine rings is 1. The van der Waals surface area contributed by atoms with Gasteiger partial charge in [0.2, 0.25) is 0 Å². The van der Waals surface area contributed by atoms with Crippen molar-refractivity contribution in [2.45, 2.75) is 26.3 Å². The van der Waals surface area contributed by atoms with Crippen LogP contribution in [0.25, 0.3) is 0 Å². The van der Waals surface area contributed by atoms with E-state index in [9.17, 15) is 4.39 Å². The van der Waals surface area contributed by atoms with E-state index in [1.807, 2.05) is 24.3 Å². The maximum atomic E-state index is 13.9. The van der Waals surface area contributed by atoms with Crippen LogP contribution in [0.1, 0.15) is 24.6 Å². The highest BCUT2D eigenvalue weighted by Gasteiger charge is 2.09. The zero-order valence-corrected chi connectivity index (χ0v) is 12.3. The topological polar surface area (TPSA) is 34.1 Å². The summed E-state index contributed by atoms with van der Waals surface area (Å²) in [6.45, 7) is 4.04. The molecule has 112 valence electrons. The van der Waals surface area contributed by atoms with E-state index in [0.717, 1.165) is 24.2 Å². The number of ether oxygens (including phenoxy) is 1. The van der Waals surface area contributed by atoms with Crippen molar-refractivity contribution >= 4 is 0 Å². The van der Waals surface area contributed by atoms with Gasteiger partial charge in [-0.05, 0) is 31.2 Å². The molecule has 0 radical (unpaired) electrons. The van der Waals surface area contributed by atoms with E-state index in [2.05, 4.69) is 17.2 Å². The molecule has 2 aromatic rings. The molecule has 21 heavy (non-hydrogen) atoms. The maximum absolute atomic E-state index is 13.9. The van der Waals surface area contributed by atoms with Gasteiger partial charge < -0.3 is 10.1 Å². The molecule has 1 aromatic carbocycles. The molecular weight excluding hydrogens is 267 g/mol. The third-order valence-electron chi connectivity index (χ3n) is 3.12. The molecule has 0 spiro atoms. The van der Waals surface area contributed by atoms with Gasteiger partial charge in [-0.15, -0.1) is 0 Å². The highest BCUT2D eigenvalue weighted by molar-refractivity contribution is 5.35. The summed E-state index contributed by atoms with van der Waals surface area (Å²) in [6.07, 6.45) is 3.46. The molecule has 0 aliphatic rings. The standard InChI is InChI=1S/C17H21FN2O/c1-2-10-19-13-14-6-5-8-16(18)17(14)21-12-9-15-7-3-4-11-20-15/h3-8,11,19H,2,9-10,12-13H2,1H3. The van der Waals surface area contributed by atoms with E-state index in [4.69, 9.17) is 4.74 Å². The number of benzene rings is 1. The molecule has 0 bridgehead atoms. The van der Waals surface area contributed by atoms with E-state index in [0.29, 0.717) is 25.3 Å². The lowest BCUT2D eigenvalue weighted by atomic mass is 10.2. The van der Waals surface area contributed by atoms with Crippen molar-refractivity contribution in [1.82, 2.24) is 10.3 Å². The Bertz CT molecular complexity index is 546. The molecule has 0 aliphatic heterocycles. The normalized spacial score (nSPS) is 10.6. The summed E-state index contributed by atoms with van der Waals surface area (Å²) in [5.74, 6) is 0.0313. The van der Waals surface area contributed by atoms with Crippen LogP contribution >= 0.6 is 0 Å². The van der Waals surface area contributed by atoms with Crippen LogP contribution in [0, 0.1) is 5.82 Å².